The molecular formula is C10H17FeN2NaO8. The van der Waals surface area contributed by atoms with Crippen LogP contribution in [0.1, 0.15) is 20.7 Å². The van der Waals surface area contributed by atoms with Gasteiger partial charge in [0.15, 0.2) is 0 Å². The van der Waals surface area contributed by atoms with E-state index in [1.807, 2.05) is 0 Å². The van der Waals surface area contributed by atoms with Crippen LogP contribution in [0.25, 0.3) is 0 Å². The van der Waals surface area contributed by atoms with Crippen LogP contribution in [-0.4, -0.2) is 62.4 Å². The number of carboxylic acid groups (broad SMARTS) is 4. The molecule has 22 heavy (non-hydrogen) atoms. The van der Waals surface area contributed by atoms with E-state index in [0.717, 1.165) is 0 Å². The van der Waals surface area contributed by atoms with Crippen molar-refractivity contribution >= 4 is 23.9 Å². The van der Waals surface area contributed by atoms with Crippen LogP contribution >= 0.6 is 0 Å². The van der Waals surface area contributed by atoms with E-state index in [1.54, 1.807) is 0 Å². The molecule has 12 heteroatoms. The minimum absolute atomic E-state index is 0. The van der Waals surface area contributed by atoms with Gasteiger partial charge in [-0.25, -0.2) is 0 Å². The Morgan fingerprint density at radius 2 is 1.36 bits per heavy atom. The third kappa shape index (κ3) is 10.1. The summed E-state index contributed by atoms with van der Waals surface area (Å²) in [6, 6.07) is -1.38. The average Bonchev–Trinajstić information content (AvgIpc) is 2.23. The molecule has 1 unspecified atom stereocenters. The van der Waals surface area contributed by atoms with Gasteiger partial charge in [0.25, 0.3) is 0 Å². The van der Waals surface area contributed by atoms with Crippen molar-refractivity contribution in [3.8, 4) is 0 Å². The second kappa shape index (κ2) is 11.8. The van der Waals surface area contributed by atoms with Gasteiger partial charge in [-0.2, -0.15) is 0 Å². The Morgan fingerprint density at radius 1 is 0.955 bits per heavy atom. The fourth-order valence-corrected chi connectivity index (χ4v) is 1.76. The summed E-state index contributed by atoms with van der Waals surface area (Å²) in [5.74, 6) is -5.56. The zero-order chi connectivity index (χ0) is 15.9. The normalized spacial score (nSPS) is 11.5. The van der Waals surface area contributed by atoms with Crippen molar-refractivity contribution in [1.29, 1.82) is 0 Å². The standard InChI is InChI=1S/C10H16N2O8.Fe.Na.H/c11-5(1-6(13)14)10(2-7(15)16,3-8(17)18)12-4-9(19)20;;;/h5,12H,1-4,11H2,(H,13,14)(H,15,16)(H,17,18)(H,19,20);;;/q;;+1;-1. The number of nitrogens with two attached hydrogens (primary N) is 1. The molecule has 0 amide bonds. The molecule has 0 aliphatic rings. The molecule has 0 aliphatic heterocycles. The first-order valence-corrected chi connectivity index (χ1v) is 5.47. The van der Waals surface area contributed by atoms with Crippen molar-refractivity contribution in [1.82, 2.24) is 5.32 Å². The molecule has 1 atom stereocenters. The third-order valence-electron chi connectivity index (χ3n) is 2.63. The Kier molecular flexibility index (Phi) is 14.1. The van der Waals surface area contributed by atoms with Gasteiger partial charge in [0.2, 0.25) is 0 Å². The van der Waals surface area contributed by atoms with E-state index in [2.05, 4.69) is 5.32 Å². The molecule has 124 valence electrons. The van der Waals surface area contributed by atoms with Crippen LogP contribution < -0.4 is 40.6 Å². The Labute approximate surface area is 159 Å². The summed E-state index contributed by atoms with van der Waals surface area (Å²) in [7, 11) is 0. The second-order valence-electron chi connectivity index (χ2n) is 4.25. The summed E-state index contributed by atoms with van der Waals surface area (Å²) in [6.45, 7) is -0.742. The fraction of sp³-hybridized carbons (Fsp3) is 0.600. The smallest absolute Gasteiger partial charge is 1.00 e. The summed E-state index contributed by atoms with van der Waals surface area (Å²) >= 11 is 0. The van der Waals surface area contributed by atoms with Crippen molar-refractivity contribution in [2.75, 3.05) is 6.54 Å². The van der Waals surface area contributed by atoms with Crippen LogP contribution in [0.3, 0.4) is 0 Å². The molecule has 0 radical (unpaired) electrons. The van der Waals surface area contributed by atoms with Gasteiger partial charge in [-0.15, -0.1) is 0 Å². The number of carbonyl (C=O) groups is 4. The molecule has 0 aromatic carbocycles. The van der Waals surface area contributed by atoms with E-state index in [1.165, 1.54) is 0 Å². The van der Waals surface area contributed by atoms with Gasteiger partial charge in [0.1, 0.15) is 0 Å². The summed E-state index contributed by atoms with van der Waals surface area (Å²) in [6.07, 6.45) is -2.34. The number of carboxylic acids is 4. The van der Waals surface area contributed by atoms with Gasteiger partial charge in [-0.05, 0) is 0 Å². The maximum atomic E-state index is 10.8. The molecule has 0 aromatic rings. The van der Waals surface area contributed by atoms with Gasteiger partial charge in [-0.1, -0.05) is 0 Å². The molecule has 0 heterocycles. The van der Waals surface area contributed by atoms with E-state index in [0.29, 0.717) is 0 Å². The molecule has 0 rings (SSSR count). The van der Waals surface area contributed by atoms with Gasteiger partial charge >= 0.3 is 53.4 Å². The Balaban J connectivity index is -0.000000602. The van der Waals surface area contributed by atoms with Crippen LogP contribution in [0.5, 0.6) is 0 Å². The zero-order valence-electron chi connectivity index (χ0n) is 12.8. The first kappa shape index (κ1) is 26.2. The van der Waals surface area contributed by atoms with Crippen LogP contribution in [-0.2, 0) is 36.2 Å². The Bertz CT molecular complexity index is 410. The average molecular weight is 372 g/mol. The number of rotatable bonds is 10. The number of hydrogen-bond donors (Lipinski definition) is 6. The van der Waals surface area contributed by atoms with Gasteiger partial charge in [0, 0.05) is 23.1 Å². The molecular weight excluding hydrogens is 355 g/mol. The molecule has 10 nitrogen and oxygen atoms in total. The predicted molar refractivity (Wildman–Crippen MR) is 64.2 cm³/mol. The maximum Gasteiger partial charge on any atom is 1.00 e. The van der Waals surface area contributed by atoms with E-state index in [4.69, 9.17) is 26.2 Å². The van der Waals surface area contributed by atoms with E-state index in [9.17, 15) is 19.2 Å². The molecule has 0 spiro atoms. The van der Waals surface area contributed by atoms with Crippen molar-refractivity contribution in [2.24, 2.45) is 5.73 Å². The number of hydrogen-bond acceptors (Lipinski definition) is 6. The molecule has 0 saturated heterocycles. The largest absolute Gasteiger partial charge is 1.00 e. The summed E-state index contributed by atoms with van der Waals surface area (Å²) in [4.78, 5) is 42.9. The quantitative estimate of drug-likeness (QED) is 0.203. The predicted octanol–water partition coefficient (Wildman–Crippen LogP) is -4.74. The second-order valence-corrected chi connectivity index (χ2v) is 4.25. The van der Waals surface area contributed by atoms with Gasteiger partial charge in [-0.3, -0.25) is 24.5 Å². The topological polar surface area (TPSA) is 187 Å². The van der Waals surface area contributed by atoms with E-state index >= 15 is 0 Å². The monoisotopic (exact) mass is 372 g/mol. The Hall–Kier alpha value is -0.681. The molecule has 7 N–H and O–H groups in total. The van der Waals surface area contributed by atoms with Crippen molar-refractivity contribution in [3.63, 3.8) is 0 Å². The number of aliphatic carboxylic acids is 4. The molecule has 0 aliphatic carbocycles. The van der Waals surface area contributed by atoms with E-state index < -0.39 is 61.3 Å². The first-order chi connectivity index (χ1) is 9.09. The van der Waals surface area contributed by atoms with E-state index in [-0.39, 0.29) is 48.1 Å². The van der Waals surface area contributed by atoms with Crippen LogP contribution in [0.15, 0.2) is 0 Å². The Morgan fingerprint density at radius 3 is 1.64 bits per heavy atom. The molecule has 0 saturated carbocycles. The molecule has 0 fully saturated rings. The minimum atomic E-state index is -1.87. The third-order valence-corrected chi connectivity index (χ3v) is 2.63. The van der Waals surface area contributed by atoms with Crippen molar-refractivity contribution in [2.45, 2.75) is 30.8 Å². The van der Waals surface area contributed by atoms with Crippen molar-refractivity contribution in [3.05, 3.63) is 0 Å². The van der Waals surface area contributed by atoms with Crippen LogP contribution in [0, 0.1) is 0 Å². The minimum Gasteiger partial charge on any atom is -1.00 e. The first-order valence-electron chi connectivity index (χ1n) is 5.47. The maximum absolute atomic E-state index is 10.8. The summed E-state index contributed by atoms with van der Waals surface area (Å²) in [5.41, 5.74) is 3.71. The summed E-state index contributed by atoms with van der Waals surface area (Å²) < 4.78 is 0. The SMILES string of the molecule is NC(CC(=O)O)C(CC(=O)O)(CC(=O)O)NCC(=O)O.[Fe].[H-].[Na+]. The fourth-order valence-electron chi connectivity index (χ4n) is 1.76. The molecule has 0 bridgehead atoms. The number of nitrogens with one attached hydrogen (secondary N) is 1. The van der Waals surface area contributed by atoms with Crippen LogP contribution in [0.2, 0.25) is 0 Å². The van der Waals surface area contributed by atoms with Gasteiger partial charge in [0.05, 0.1) is 31.3 Å². The van der Waals surface area contributed by atoms with Crippen LogP contribution in [0.4, 0.5) is 0 Å². The zero-order valence-corrected chi connectivity index (χ0v) is 14.9. The summed E-state index contributed by atoms with van der Waals surface area (Å²) in [5, 5.41) is 37.2. The molecule has 0 aromatic heterocycles. The van der Waals surface area contributed by atoms with Crippen molar-refractivity contribution < 1.29 is 87.7 Å². The van der Waals surface area contributed by atoms with Gasteiger partial charge < -0.3 is 27.6 Å².